The highest BCUT2D eigenvalue weighted by Gasteiger charge is 2.22. The summed E-state index contributed by atoms with van der Waals surface area (Å²) in [6.45, 7) is 8.67. The van der Waals surface area contributed by atoms with E-state index in [-0.39, 0.29) is 6.04 Å². The van der Waals surface area contributed by atoms with E-state index in [1.165, 1.54) is 27.7 Å². The molecule has 0 saturated heterocycles. The van der Waals surface area contributed by atoms with Crippen LogP contribution in [0.2, 0.25) is 10.0 Å². The van der Waals surface area contributed by atoms with Crippen molar-refractivity contribution in [3.05, 3.63) is 87.4 Å². The Morgan fingerprint density at radius 3 is 2.30 bits per heavy atom. The topological polar surface area (TPSA) is 31.5 Å². The molecule has 4 nitrogen and oxygen atoms in total. The Morgan fingerprint density at radius 2 is 1.61 bits per heavy atom. The lowest BCUT2D eigenvalue weighted by atomic mass is 10.1. The van der Waals surface area contributed by atoms with E-state index in [1.807, 2.05) is 35.0 Å². The highest BCUT2D eigenvalue weighted by Crippen LogP contribution is 2.38. The van der Waals surface area contributed by atoms with Gasteiger partial charge < -0.3 is 9.30 Å². The van der Waals surface area contributed by atoms with Gasteiger partial charge in [0, 0.05) is 49.5 Å². The van der Waals surface area contributed by atoms with Crippen LogP contribution >= 0.6 is 23.2 Å². The minimum atomic E-state index is 0.166. The molecule has 0 aliphatic rings. The van der Waals surface area contributed by atoms with Crippen molar-refractivity contribution in [1.29, 1.82) is 0 Å². The van der Waals surface area contributed by atoms with Crippen molar-refractivity contribution in [3.63, 3.8) is 0 Å². The molecule has 0 radical (unpaired) electrons. The monoisotopic (exact) mass is 477 g/mol. The fourth-order valence-corrected chi connectivity index (χ4v) is 5.42. The van der Waals surface area contributed by atoms with Crippen LogP contribution in [-0.2, 0) is 0 Å². The summed E-state index contributed by atoms with van der Waals surface area (Å²) in [5.41, 5.74) is 7.60. The van der Waals surface area contributed by atoms with Crippen LogP contribution in [0.3, 0.4) is 0 Å². The van der Waals surface area contributed by atoms with Gasteiger partial charge in [0.05, 0.1) is 24.4 Å². The van der Waals surface area contributed by atoms with Gasteiger partial charge in [0.1, 0.15) is 5.75 Å². The quantitative estimate of drug-likeness (QED) is 0.264. The van der Waals surface area contributed by atoms with Crippen LogP contribution in [0, 0.1) is 20.8 Å². The van der Waals surface area contributed by atoms with Gasteiger partial charge in [-0.2, -0.15) is 5.10 Å². The molecule has 0 fully saturated rings. The van der Waals surface area contributed by atoms with E-state index in [0.29, 0.717) is 10.0 Å². The first-order chi connectivity index (χ1) is 15.8. The normalized spacial score (nSPS) is 12.6. The number of aryl methyl sites for hydroxylation is 3. The minimum Gasteiger partial charge on any atom is -0.497 e. The molecule has 5 aromatic rings. The molecule has 168 valence electrons. The lowest BCUT2D eigenvalue weighted by Crippen LogP contribution is -2.10. The summed E-state index contributed by atoms with van der Waals surface area (Å²) in [7, 11) is 1.69. The van der Waals surface area contributed by atoms with Crippen molar-refractivity contribution in [2.45, 2.75) is 33.7 Å². The lowest BCUT2D eigenvalue weighted by molar-refractivity contribution is 0.414. The van der Waals surface area contributed by atoms with Crippen LogP contribution in [0.15, 0.2) is 54.7 Å². The first-order valence-electron chi connectivity index (χ1n) is 10.9. The second-order valence-electron chi connectivity index (χ2n) is 8.51. The van der Waals surface area contributed by atoms with E-state index in [0.717, 1.165) is 28.1 Å². The van der Waals surface area contributed by atoms with E-state index in [4.69, 9.17) is 33.0 Å². The first kappa shape index (κ1) is 21.9. The molecule has 2 aromatic carbocycles. The average Bonchev–Trinajstić information content (AvgIpc) is 3.33. The third kappa shape index (κ3) is 3.49. The third-order valence-electron chi connectivity index (χ3n) is 6.60. The van der Waals surface area contributed by atoms with Crippen molar-refractivity contribution in [2.24, 2.45) is 0 Å². The number of fused-ring (bicyclic) bond motifs is 3. The summed E-state index contributed by atoms with van der Waals surface area (Å²) < 4.78 is 9.69. The third-order valence-corrected chi connectivity index (χ3v) is 7.16. The van der Waals surface area contributed by atoms with Crippen LogP contribution in [0.4, 0.5) is 0 Å². The van der Waals surface area contributed by atoms with Crippen molar-refractivity contribution >= 4 is 39.5 Å². The number of ether oxygens (including phenoxy) is 1. The minimum absolute atomic E-state index is 0.166. The maximum atomic E-state index is 6.50. The van der Waals surface area contributed by atoms with E-state index >= 15 is 0 Å². The molecule has 0 spiro atoms. The Labute approximate surface area is 203 Å². The number of hydrogen-bond acceptors (Lipinski definition) is 2. The summed E-state index contributed by atoms with van der Waals surface area (Å²) in [6, 6.07) is 16.1. The SMILES string of the molecule is COc1ccc([C@H](C)n2c(C)c3c(C)nn4cc(-c5cc(Cl)ccc5Cl)cc4c3c2C)cc1. The molecule has 0 unspecified atom stereocenters. The van der Waals surface area contributed by atoms with Crippen LogP contribution in [-0.4, -0.2) is 21.3 Å². The highest BCUT2D eigenvalue weighted by atomic mass is 35.5. The van der Waals surface area contributed by atoms with Crippen molar-refractivity contribution in [1.82, 2.24) is 14.2 Å². The van der Waals surface area contributed by atoms with Gasteiger partial charge in [0.2, 0.25) is 0 Å². The fourth-order valence-electron chi connectivity index (χ4n) is 5.02. The summed E-state index contributed by atoms with van der Waals surface area (Å²) in [5.74, 6) is 0.860. The van der Waals surface area contributed by atoms with Gasteiger partial charge in [-0.05, 0) is 69.7 Å². The molecule has 3 aromatic heterocycles. The number of rotatable bonds is 4. The van der Waals surface area contributed by atoms with Crippen molar-refractivity contribution < 1.29 is 4.74 Å². The average molecular weight is 478 g/mol. The Kier molecular flexibility index (Phi) is 5.38. The zero-order valence-corrected chi connectivity index (χ0v) is 20.8. The number of methoxy groups -OCH3 is 1. The molecule has 0 bridgehead atoms. The number of benzene rings is 2. The second kappa shape index (κ2) is 8.12. The molecule has 0 aliphatic heterocycles. The number of hydrogen-bond donors (Lipinski definition) is 0. The molecule has 0 N–H and O–H groups in total. The Balaban J connectivity index is 1.73. The summed E-state index contributed by atoms with van der Waals surface area (Å²) in [4.78, 5) is 0. The second-order valence-corrected chi connectivity index (χ2v) is 9.35. The Bertz CT molecular complexity index is 1510. The van der Waals surface area contributed by atoms with Crippen molar-refractivity contribution in [3.8, 4) is 16.9 Å². The summed E-state index contributed by atoms with van der Waals surface area (Å²) in [5, 5.41) is 8.62. The molecule has 3 heterocycles. The Hall–Kier alpha value is -2.95. The number of nitrogens with zero attached hydrogens (tertiary/aromatic N) is 3. The fraction of sp³-hybridized carbons (Fsp3) is 0.222. The van der Waals surface area contributed by atoms with E-state index in [9.17, 15) is 0 Å². The summed E-state index contributed by atoms with van der Waals surface area (Å²) in [6.07, 6.45) is 2.03. The van der Waals surface area contributed by atoms with Crippen LogP contribution in [0.5, 0.6) is 5.75 Å². The van der Waals surface area contributed by atoms with E-state index in [1.54, 1.807) is 13.2 Å². The van der Waals surface area contributed by atoms with Gasteiger partial charge in [-0.15, -0.1) is 0 Å². The molecule has 6 heteroatoms. The zero-order valence-electron chi connectivity index (χ0n) is 19.3. The van der Waals surface area contributed by atoms with E-state index < -0.39 is 0 Å². The van der Waals surface area contributed by atoms with Gasteiger partial charge in [-0.25, -0.2) is 4.52 Å². The lowest BCUT2D eigenvalue weighted by Gasteiger charge is -2.19. The molecule has 1 atom stereocenters. The first-order valence-corrected chi connectivity index (χ1v) is 11.6. The van der Waals surface area contributed by atoms with Gasteiger partial charge in [0.25, 0.3) is 0 Å². The smallest absolute Gasteiger partial charge is 0.118 e. The highest BCUT2D eigenvalue weighted by molar-refractivity contribution is 6.35. The van der Waals surface area contributed by atoms with Gasteiger partial charge >= 0.3 is 0 Å². The Morgan fingerprint density at radius 1 is 0.909 bits per heavy atom. The zero-order chi connectivity index (χ0) is 23.4. The molecular weight excluding hydrogens is 453 g/mol. The molecule has 5 rings (SSSR count). The molecule has 0 amide bonds. The van der Waals surface area contributed by atoms with Crippen molar-refractivity contribution in [2.75, 3.05) is 7.11 Å². The van der Waals surface area contributed by atoms with Crippen LogP contribution in [0.25, 0.3) is 27.4 Å². The standard InChI is InChI=1S/C27H25Cl2N3O/c1-15-26-17(3)32(16(2)19-6-9-22(33-5)10-7-19)18(4)27(26)25-12-20(14-31(25)30-15)23-13-21(28)8-11-24(23)29/h6-14,16H,1-5H3/t16-/m0/s1. The predicted octanol–water partition coefficient (Wildman–Crippen LogP) is 7.81. The predicted molar refractivity (Wildman–Crippen MR) is 137 cm³/mol. The van der Waals surface area contributed by atoms with E-state index in [2.05, 4.69) is 50.5 Å². The van der Waals surface area contributed by atoms with Crippen LogP contribution in [0.1, 0.15) is 35.6 Å². The maximum absolute atomic E-state index is 6.50. The van der Waals surface area contributed by atoms with Gasteiger partial charge in [0.15, 0.2) is 0 Å². The molecule has 0 aliphatic carbocycles. The van der Waals surface area contributed by atoms with Crippen LogP contribution < -0.4 is 4.74 Å². The number of halogens is 2. The number of aromatic nitrogens is 3. The molecule has 33 heavy (non-hydrogen) atoms. The summed E-state index contributed by atoms with van der Waals surface area (Å²) >= 11 is 12.8. The maximum Gasteiger partial charge on any atom is 0.118 e. The molecular formula is C27H25Cl2N3O. The van der Waals surface area contributed by atoms with Gasteiger partial charge in [-0.3, -0.25) is 0 Å². The molecule has 0 saturated carbocycles. The van der Waals surface area contributed by atoms with Gasteiger partial charge in [-0.1, -0.05) is 35.3 Å². The largest absolute Gasteiger partial charge is 0.497 e.